The zero-order valence-corrected chi connectivity index (χ0v) is 18.4. The number of amides is 1. The first kappa shape index (κ1) is 20.8. The van der Waals surface area contributed by atoms with Crippen LogP contribution >= 0.6 is 11.3 Å². The van der Waals surface area contributed by atoms with Crippen LogP contribution in [0.25, 0.3) is 10.2 Å². The number of aromatic nitrogens is 2. The summed E-state index contributed by atoms with van der Waals surface area (Å²) >= 11 is 1.54. The molecule has 0 radical (unpaired) electrons. The molecule has 6 nitrogen and oxygen atoms in total. The Hall–Kier alpha value is -2.51. The van der Waals surface area contributed by atoms with Crippen molar-refractivity contribution in [1.29, 1.82) is 0 Å². The standard InChI is InChI=1S/C23H28N4O2S/c1-16-17(2)30-22-21(16)23(29)27(15-24-22)13-10-20(28)25-19-9-5-4-8-18(19)14-26-11-6-3-7-12-26/h4-5,8-9,15H,3,6-7,10-14H2,1-2H3,(H,25,28). The van der Waals surface area contributed by atoms with Crippen molar-refractivity contribution >= 4 is 33.1 Å². The number of hydrogen-bond donors (Lipinski definition) is 1. The average molecular weight is 425 g/mol. The molecule has 30 heavy (non-hydrogen) atoms. The van der Waals surface area contributed by atoms with Crippen LogP contribution in [-0.4, -0.2) is 33.4 Å². The first-order valence-electron chi connectivity index (χ1n) is 10.6. The van der Waals surface area contributed by atoms with Crippen LogP contribution in [0.3, 0.4) is 0 Å². The van der Waals surface area contributed by atoms with Gasteiger partial charge in [0.1, 0.15) is 4.83 Å². The molecule has 1 N–H and O–H groups in total. The largest absolute Gasteiger partial charge is 0.326 e. The van der Waals surface area contributed by atoms with Crippen LogP contribution in [0.15, 0.2) is 35.4 Å². The summed E-state index contributed by atoms with van der Waals surface area (Å²) in [6, 6.07) is 7.99. The molecule has 0 spiro atoms. The lowest BCUT2D eigenvalue weighted by Crippen LogP contribution is -2.29. The summed E-state index contributed by atoms with van der Waals surface area (Å²) < 4.78 is 1.54. The number of anilines is 1. The molecule has 3 aromatic rings. The van der Waals surface area contributed by atoms with Gasteiger partial charge in [-0.15, -0.1) is 11.3 Å². The minimum atomic E-state index is -0.0914. The molecular formula is C23H28N4O2S. The fraction of sp³-hybridized carbons (Fsp3) is 0.435. The van der Waals surface area contributed by atoms with E-state index in [2.05, 4.69) is 21.3 Å². The smallest absolute Gasteiger partial charge is 0.262 e. The third-order valence-electron chi connectivity index (χ3n) is 5.87. The molecule has 4 rings (SSSR count). The van der Waals surface area contributed by atoms with Crippen molar-refractivity contribution in [2.24, 2.45) is 0 Å². The highest BCUT2D eigenvalue weighted by Crippen LogP contribution is 2.25. The Labute approximate surface area is 180 Å². The number of thiophene rings is 1. The number of benzene rings is 1. The van der Waals surface area contributed by atoms with E-state index in [1.54, 1.807) is 10.9 Å². The van der Waals surface area contributed by atoms with E-state index in [-0.39, 0.29) is 17.9 Å². The van der Waals surface area contributed by atoms with E-state index in [1.165, 1.54) is 30.6 Å². The van der Waals surface area contributed by atoms with Crippen LogP contribution in [0.4, 0.5) is 5.69 Å². The number of likely N-dealkylation sites (tertiary alicyclic amines) is 1. The third kappa shape index (κ3) is 4.47. The Bertz CT molecular complexity index is 1110. The third-order valence-corrected chi connectivity index (χ3v) is 6.98. The van der Waals surface area contributed by atoms with Gasteiger partial charge in [0, 0.05) is 30.1 Å². The molecule has 0 aliphatic carbocycles. The van der Waals surface area contributed by atoms with Gasteiger partial charge in [-0.2, -0.15) is 0 Å². The molecule has 0 atom stereocenters. The number of hydrogen-bond acceptors (Lipinski definition) is 5. The van der Waals surface area contributed by atoms with E-state index in [0.29, 0.717) is 11.9 Å². The molecule has 1 amide bonds. The monoisotopic (exact) mass is 424 g/mol. The van der Waals surface area contributed by atoms with Gasteiger partial charge >= 0.3 is 0 Å². The Kier molecular flexibility index (Phi) is 6.29. The maximum absolute atomic E-state index is 12.8. The van der Waals surface area contributed by atoms with Gasteiger partial charge in [0.25, 0.3) is 5.56 Å². The van der Waals surface area contributed by atoms with E-state index in [1.807, 2.05) is 32.0 Å². The molecule has 2 aromatic heterocycles. The van der Waals surface area contributed by atoms with Crippen molar-refractivity contribution in [3.05, 3.63) is 57.0 Å². The first-order chi connectivity index (χ1) is 14.5. The molecule has 1 saturated heterocycles. The molecule has 3 heterocycles. The van der Waals surface area contributed by atoms with Crippen LogP contribution in [0, 0.1) is 13.8 Å². The molecule has 1 aromatic carbocycles. The van der Waals surface area contributed by atoms with E-state index in [0.717, 1.165) is 46.2 Å². The molecule has 1 fully saturated rings. The van der Waals surface area contributed by atoms with E-state index >= 15 is 0 Å². The number of carbonyl (C=O) groups is 1. The maximum atomic E-state index is 12.8. The Balaban J connectivity index is 1.42. The quantitative estimate of drug-likeness (QED) is 0.647. The molecule has 7 heteroatoms. The lowest BCUT2D eigenvalue weighted by atomic mass is 10.1. The van der Waals surface area contributed by atoms with Gasteiger partial charge in [0.15, 0.2) is 0 Å². The normalized spacial score (nSPS) is 14.9. The second-order valence-electron chi connectivity index (χ2n) is 8.00. The summed E-state index contributed by atoms with van der Waals surface area (Å²) in [5.41, 5.74) is 2.91. The number of para-hydroxylation sites is 1. The van der Waals surface area contributed by atoms with Crippen molar-refractivity contribution in [2.75, 3.05) is 18.4 Å². The average Bonchev–Trinajstić information content (AvgIpc) is 3.04. The van der Waals surface area contributed by atoms with Crippen molar-refractivity contribution in [1.82, 2.24) is 14.5 Å². The van der Waals surface area contributed by atoms with Crippen LogP contribution in [0.1, 0.15) is 41.7 Å². The molecule has 0 unspecified atom stereocenters. The van der Waals surface area contributed by atoms with E-state index < -0.39 is 0 Å². The number of nitrogens with one attached hydrogen (secondary N) is 1. The van der Waals surface area contributed by atoms with Crippen molar-refractivity contribution in [3.8, 4) is 0 Å². The lowest BCUT2D eigenvalue weighted by Gasteiger charge is -2.27. The summed E-state index contributed by atoms with van der Waals surface area (Å²) in [4.78, 5) is 34.1. The number of carbonyl (C=O) groups excluding carboxylic acids is 1. The zero-order valence-electron chi connectivity index (χ0n) is 17.6. The summed E-state index contributed by atoms with van der Waals surface area (Å²) in [5, 5.41) is 3.72. The van der Waals surface area contributed by atoms with Crippen LogP contribution in [-0.2, 0) is 17.9 Å². The molecular weight excluding hydrogens is 396 g/mol. The maximum Gasteiger partial charge on any atom is 0.262 e. The van der Waals surface area contributed by atoms with Gasteiger partial charge in [-0.1, -0.05) is 24.6 Å². The van der Waals surface area contributed by atoms with Gasteiger partial charge in [-0.3, -0.25) is 19.1 Å². The lowest BCUT2D eigenvalue weighted by molar-refractivity contribution is -0.116. The number of fused-ring (bicyclic) bond motifs is 1. The van der Waals surface area contributed by atoms with Crippen LogP contribution in [0.5, 0.6) is 0 Å². The predicted octanol–water partition coefficient (Wildman–Crippen LogP) is 4.09. The van der Waals surface area contributed by atoms with Gasteiger partial charge in [0.05, 0.1) is 11.7 Å². The SMILES string of the molecule is Cc1sc2ncn(CCC(=O)Nc3ccccc3CN3CCCCC3)c(=O)c2c1C. The number of nitrogens with zero attached hydrogens (tertiary/aromatic N) is 3. The number of rotatable bonds is 6. The van der Waals surface area contributed by atoms with E-state index in [4.69, 9.17) is 0 Å². The van der Waals surface area contributed by atoms with Gasteiger partial charge < -0.3 is 5.32 Å². The summed E-state index contributed by atoms with van der Waals surface area (Å²) in [7, 11) is 0. The summed E-state index contributed by atoms with van der Waals surface area (Å²) in [5.74, 6) is -0.0914. The van der Waals surface area contributed by atoms with Gasteiger partial charge in [0.2, 0.25) is 5.91 Å². The highest BCUT2D eigenvalue weighted by atomic mass is 32.1. The predicted molar refractivity (Wildman–Crippen MR) is 122 cm³/mol. The second-order valence-corrected chi connectivity index (χ2v) is 9.20. The fourth-order valence-electron chi connectivity index (χ4n) is 4.00. The minimum Gasteiger partial charge on any atom is -0.326 e. The highest BCUT2D eigenvalue weighted by molar-refractivity contribution is 7.18. The van der Waals surface area contributed by atoms with Crippen molar-refractivity contribution < 1.29 is 4.79 Å². The zero-order chi connectivity index (χ0) is 21.1. The fourth-order valence-corrected chi connectivity index (χ4v) is 4.99. The number of aryl methyl sites for hydroxylation is 3. The number of piperidine rings is 1. The van der Waals surface area contributed by atoms with E-state index in [9.17, 15) is 9.59 Å². The molecule has 0 saturated carbocycles. The minimum absolute atomic E-state index is 0.0693. The van der Waals surface area contributed by atoms with Gasteiger partial charge in [-0.05, 0) is 57.0 Å². The summed E-state index contributed by atoms with van der Waals surface area (Å²) in [6.45, 7) is 7.35. The highest BCUT2D eigenvalue weighted by Gasteiger charge is 2.15. The van der Waals surface area contributed by atoms with Gasteiger partial charge in [-0.25, -0.2) is 4.98 Å². The molecule has 0 bridgehead atoms. The molecule has 1 aliphatic heterocycles. The van der Waals surface area contributed by atoms with Crippen molar-refractivity contribution in [2.45, 2.75) is 52.6 Å². The Morgan fingerprint density at radius 2 is 1.93 bits per heavy atom. The van der Waals surface area contributed by atoms with Crippen LogP contribution in [0.2, 0.25) is 0 Å². The Morgan fingerprint density at radius 1 is 1.17 bits per heavy atom. The summed E-state index contributed by atoms with van der Waals surface area (Å²) in [6.07, 6.45) is 5.57. The Morgan fingerprint density at radius 3 is 2.73 bits per heavy atom. The van der Waals surface area contributed by atoms with Crippen molar-refractivity contribution in [3.63, 3.8) is 0 Å². The second kappa shape index (κ2) is 9.10. The molecule has 1 aliphatic rings. The first-order valence-corrected chi connectivity index (χ1v) is 11.4. The topological polar surface area (TPSA) is 67.2 Å². The van der Waals surface area contributed by atoms with Crippen LogP contribution < -0.4 is 10.9 Å². The molecule has 158 valence electrons.